The second-order valence-corrected chi connectivity index (χ2v) is 6.58. The minimum atomic E-state index is -0.262. The van der Waals surface area contributed by atoms with Gasteiger partial charge >= 0.3 is 0 Å². The second kappa shape index (κ2) is 7.38. The number of allylic oxidation sites excluding steroid dienone is 1. The van der Waals surface area contributed by atoms with Crippen molar-refractivity contribution < 1.29 is 4.79 Å². The van der Waals surface area contributed by atoms with Gasteiger partial charge in [0.2, 0.25) is 5.78 Å². The minimum Gasteiger partial charge on any atom is -0.343 e. The third-order valence-electron chi connectivity index (χ3n) is 4.86. The van der Waals surface area contributed by atoms with Crippen LogP contribution in [0.2, 0.25) is 0 Å². The van der Waals surface area contributed by atoms with Gasteiger partial charge in [0.25, 0.3) is 0 Å². The molecule has 0 atom stereocenters. The number of aromatic nitrogens is 1. The fourth-order valence-corrected chi connectivity index (χ4v) is 3.56. The number of hydrogen-bond acceptors (Lipinski definition) is 2. The number of fused-ring (bicyclic) bond motifs is 1. The molecule has 134 valence electrons. The van der Waals surface area contributed by atoms with E-state index in [-0.39, 0.29) is 11.4 Å². The largest absolute Gasteiger partial charge is 0.343 e. The lowest BCUT2D eigenvalue weighted by Crippen LogP contribution is -2.04. The highest BCUT2D eigenvalue weighted by atomic mass is 16.1. The molecule has 0 N–H and O–H groups in total. The number of carbonyl (C=O) groups excluding carboxylic acids is 1. The Morgan fingerprint density at radius 2 is 1.50 bits per heavy atom. The number of aryl methyl sites for hydroxylation is 1. The van der Waals surface area contributed by atoms with Crippen molar-refractivity contribution in [2.45, 2.75) is 0 Å². The van der Waals surface area contributed by atoms with Crippen LogP contribution < -0.4 is 0 Å². The van der Waals surface area contributed by atoms with Crippen LogP contribution in [0.25, 0.3) is 28.2 Å². The molecular weight excluding hydrogens is 344 g/mol. The Hall–Kier alpha value is -3.90. The average Bonchev–Trinajstić information content (AvgIpc) is 3.05. The zero-order valence-corrected chi connectivity index (χ0v) is 15.5. The van der Waals surface area contributed by atoms with Gasteiger partial charge in [-0.3, -0.25) is 4.79 Å². The number of para-hydroxylation sites is 1. The van der Waals surface area contributed by atoms with Crippen LogP contribution in [0.3, 0.4) is 0 Å². The van der Waals surface area contributed by atoms with E-state index in [1.165, 1.54) is 0 Å². The standard InChI is InChI=1S/C25H18N2O/c1-27-22-15-9-8-14-21(22)23(24(27)19-12-6-3-7-13-19)25(28)20(17-26)16-18-10-4-2-5-11-18/h2-16H,1H3/b20-16+. The highest BCUT2D eigenvalue weighted by molar-refractivity contribution is 6.23. The van der Waals surface area contributed by atoms with E-state index in [1.807, 2.05) is 96.5 Å². The summed E-state index contributed by atoms with van der Waals surface area (Å²) in [5.74, 6) is -0.262. The summed E-state index contributed by atoms with van der Waals surface area (Å²) in [6.45, 7) is 0. The highest BCUT2D eigenvalue weighted by Crippen LogP contribution is 2.34. The second-order valence-electron chi connectivity index (χ2n) is 6.58. The maximum Gasteiger partial charge on any atom is 0.206 e. The summed E-state index contributed by atoms with van der Waals surface area (Å²) in [6, 6.07) is 29.2. The predicted molar refractivity (Wildman–Crippen MR) is 113 cm³/mol. The van der Waals surface area contributed by atoms with E-state index >= 15 is 0 Å². The lowest BCUT2D eigenvalue weighted by Gasteiger charge is -2.08. The van der Waals surface area contributed by atoms with Crippen molar-refractivity contribution in [1.82, 2.24) is 4.57 Å². The molecule has 0 fully saturated rings. The van der Waals surface area contributed by atoms with E-state index in [1.54, 1.807) is 6.08 Å². The van der Waals surface area contributed by atoms with Gasteiger partial charge in [0.15, 0.2) is 0 Å². The van der Waals surface area contributed by atoms with E-state index in [4.69, 9.17) is 0 Å². The molecule has 0 saturated carbocycles. The van der Waals surface area contributed by atoms with Gasteiger partial charge in [-0.25, -0.2) is 0 Å². The van der Waals surface area contributed by atoms with Crippen LogP contribution in [-0.2, 0) is 7.05 Å². The van der Waals surface area contributed by atoms with Crippen molar-refractivity contribution in [3.63, 3.8) is 0 Å². The normalized spacial score (nSPS) is 11.4. The highest BCUT2D eigenvalue weighted by Gasteiger charge is 2.24. The third kappa shape index (κ3) is 3.02. The smallest absolute Gasteiger partial charge is 0.206 e. The van der Waals surface area contributed by atoms with Gasteiger partial charge in [-0.05, 0) is 23.3 Å². The van der Waals surface area contributed by atoms with Gasteiger partial charge in [-0.1, -0.05) is 78.9 Å². The SMILES string of the molecule is Cn1c(-c2ccccc2)c(C(=O)/C(C#N)=C/c2ccccc2)c2ccccc21. The number of nitriles is 1. The number of nitrogens with zero attached hydrogens (tertiary/aromatic N) is 2. The first-order valence-electron chi connectivity index (χ1n) is 9.05. The first-order chi connectivity index (χ1) is 13.7. The number of ketones is 1. The zero-order chi connectivity index (χ0) is 19.5. The van der Waals surface area contributed by atoms with Gasteiger partial charge in [0, 0.05) is 18.0 Å². The summed E-state index contributed by atoms with van der Waals surface area (Å²) in [5, 5.41) is 10.6. The molecule has 0 bridgehead atoms. The lowest BCUT2D eigenvalue weighted by atomic mass is 9.96. The van der Waals surface area contributed by atoms with Crippen LogP contribution in [0.4, 0.5) is 0 Å². The summed E-state index contributed by atoms with van der Waals surface area (Å²) in [6.07, 6.45) is 1.65. The van der Waals surface area contributed by atoms with Crippen molar-refractivity contribution in [3.8, 4) is 17.3 Å². The van der Waals surface area contributed by atoms with Gasteiger partial charge in [0.05, 0.1) is 11.3 Å². The maximum absolute atomic E-state index is 13.5. The molecular formula is C25H18N2O. The lowest BCUT2D eigenvalue weighted by molar-refractivity contribution is 0.104. The predicted octanol–water partition coefficient (Wildman–Crippen LogP) is 5.64. The summed E-state index contributed by atoms with van der Waals surface area (Å²) < 4.78 is 2.02. The molecule has 3 nitrogen and oxygen atoms in total. The molecule has 1 heterocycles. The van der Waals surface area contributed by atoms with Gasteiger partial charge in [-0.15, -0.1) is 0 Å². The van der Waals surface area contributed by atoms with Gasteiger partial charge < -0.3 is 4.57 Å². The number of carbonyl (C=O) groups is 1. The minimum absolute atomic E-state index is 0.125. The molecule has 0 unspecified atom stereocenters. The maximum atomic E-state index is 13.5. The van der Waals surface area contributed by atoms with E-state index in [9.17, 15) is 10.1 Å². The monoisotopic (exact) mass is 362 g/mol. The Balaban J connectivity index is 1.96. The van der Waals surface area contributed by atoms with Gasteiger partial charge in [0.1, 0.15) is 11.6 Å². The molecule has 0 amide bonds. The molecule has 0 spiro atoms. The quantitative estimate of drug-likeness (QED) is 0.268. The van der Waals surface area contributed by atoms with E-state index in [2.05, 4.69) is 6.07 Å². The topological polar surface area (TPSA) is 45.8 Å². The van der Waals surface area contributed by atoms with Crippen LogP contribution in [-0.4, -0.2) is 10.4 Å². The Kier molecular flexibility index (Phi) is 4.62. The van der Waals surface area contributed by atoms with Crippen LogP contribution >= 0.6 is 0 Å². The summed E-state index contributed by atoms with van der Waals surface area (Å²) in [5.41, 5.74) is 4.24. The molecule has 3 heteroatoms. The number of rotatable bonds is 4. The van der Waals surface area contributed by atoms with Crippen molar-refractivity contribution in [2.75, 3.05) is 0 Å². The molecule has 4 aromatic rings. The first kappa shape index (κ1) is 17.5. The first-order valence-corrected chi connectivity index (χ1v) is 9.05. The Morgan fingerprint density at radius 1 is 0.893 bits per heavy atom. The number of benzene rings is 3. The van der Waals surface area contributed by atoms with Crippen LogP contribution in [0.5, 0.6) is 0 Å². The molecule has 3 aromatic carbocycles. The fraction of sp³-hybridized carbons (Fsp3) is 0.0400. The van der Waals surface area contributed by atoms with E-state index in [0.717, 1.165) is 27.7 Å². The van der Waals surface area contributed by atoms with E-state index < -0.39 is 0 Å². The number of Topliss-reactive ketones (excluding diaryl/α,β-unsaturated/α-hetero) is 1. The molecule has 4 rings (SSSR count). The summed E-state index contributed by atoms with van der Waals surface area (Å²) in [4.78, 5) is 13.5. The van der Waals surface area contributed by atoms with E-state index in [0.29, 0.717) is 5.56 Å². The zero-order valence-electron chi connectivity index (χ0n) is 15.5. The van der Waals surface area contributed by atoms with Crippen LogP contribution in [0, 0.1) is 11.3 Å². The Labute approximate surface area is 163 Å². The van der Waals surface area contributed by atoms with Crippen molar-refractivity contribution in [1.29, 1.82) is 5.26 Å². The summed E-state index contributed by atoms with van der Waals surface area (Å²) >= 11 is 0. The van der Waals surface area contributed by atoms with Crippen molar-refractivity contribution in [2.24, 2.45) is 7.05 Å². The summed E-state index contributed by atoms with van der Waals surface area (Å²) in [7, 11) is 1.95. The van der Waals surface area contributed by atoms with Crippen molar-refractivity contribution in [3.05, 3.63) is 102 Å². The average molecular weight is 362 g/mol. The Bertz CT molecular complexity index is 1230. The molecule has 0 aliphatic carbocycles. The molecule has 1 aromatic heterocycles. The Morgan fingerprint density at radius 3 is 2.18 bits per heavy atom. The molecule has 0 aliphatic heterocycles. The van der Waals surface area contributed by atoms with Gasteiger partial charge in [-0.2, -0.15) is 5.26 Å². The fourth-order valence-electron chi connectivity index (χ4n) is 3.56. The van der Waals surface area contributed by atoms with Crippen molar-refractivity contribution >= 4 is 22.8 Å². The molecule has 0 saturated heterocycles. The molecule has 0 aliphatic rings. The third-order valence-corrected chi connectivity index (χ3v) is 4.86. The molecule has 0 radical (unpaired) electrons. The number of hydrogen-bond donors (Lipinski definition) is 0. The molecule has 28 heavy (non-hydrogen) atoms. The van der Waals surface area contributed by atoms with Crippen LogP contribution in [0.1, 0.15) is 15.9 Å². The van der Waals surface area contributed by atoms with Crippen LogP contribution in [0.15, 0.2) is 90.5 Å².